The molecule has 6 N–H and O–H groups in total. The Kier molecular flexibility index (Phi) is 42.0. The van der Waals surface area contributed by atoms with Crippen LogP contribution in [0.15, 0.2) is 72.9 Å². The van der Waals surface area contributed by atoms with Crippen LogP contribution in [0, 0.1) is 0 Å². The molecule has 392 valence electrons. The number of carbonyl (C=O) groups is 2. The van der Waals surface area contributed by atoms with Crippen molar-refractivity contribution in [2.24, 2.45) is 0 Å². The highest BCUT2D eigenvalue weighted by molar-refractivity contribution is 5.80. The molecule has 0 saturated carbocycles. The van der Waals surface area contributed by atoms with Crippen molar-refractivity contribution in [1.29, 1.82) is 0 Å². The molecule has 8 unspecified atom stereocenters. The number of aliphatic hydroxyl groups excluding tert-OH is 5. The zero-order valence-corrected chi connectivity index (χ0v) is 43.0. The van der Waals surface area contributed by atoms with Gasteiger partial charge in [-0.1, -0.05) is 209 Å². The first kappa shape index (κ1) is 63.1. The Balaban J connectivity index is 2.76. The van der Waals surface area contributed by atoms with Crippen LogP contribution in [0.1, 0.15) is 213 Å². The Bertz CT molecular complexity index is 1380. The third kappa shape index (κ3) is 33.6. The highest BCUT2D eigenvalue weighted by Gasteiger charge is 2.47. The highest BCUT2D eigenvalue weighted by Crippen LogP contribution is 2.26. The second-order valence-corrected chi connectivity index (χ2v) is 18.6. The van der Waals surface area contributed by atoms with Gasteiger partial charge in [0.2, 0.25) is 5.91 Å². The Hall–Kier alpha value is -2.90. The quantitative estimate of drug-likeness (QED) is 0.0149. The summed E-state index contributed by atoms with van der Waals surface area (Å²) in [5.41, 5.74) is 0. The maximum Gasteiger partial charge on any atom is 0.306 e. The highest BCUT2D eigenvalue weighted by atomic mass is 16.7. The van der Waals surface area contributed by atoms with Crippen LogP contribution in [-0.2, 0) is 23.8 Å². The van der Waals surface area contributed by atoms with Crippen molar-refractivity contribution in [3.05, 3.63) is 72.9 Å². The Morgan fingerprint density at radius 3 is 1.74 bits per heavy atom. The summed E-state index contributed by atoms with van der Waals surface area (Å²) in [7, 11) is 0. The molecule has 0 aromatic heterocycles. The molecule has 1 saturated heterocycles. The van der Waals surface area contributed by atoms with Crippen molar-refractivity contribution in [2.75, 3.05) is 13.2 Å². The number of hydrogen-bond donors (Lipinski definition) is 6. The summed E-state index contributed by atoms with van der Waals surface area (Å²) >= 11 is 0. The molecule has 1 fully saturated rings. The second-order valence-electron chi connectivity index (χ2n) is 18.6. The minimum absolute atomic E-state index is 0.106. The molecular weight excluding hydrogens is 859 g/mol. The lowest BCUT2D eigenvalue weighted by molar-refractivity contribution is -0.305. The summed E-state index contributed by atoms with van der Waals surface area (Å²) in [6.45, 7) is 5.50. The van der Waals surface area contributed by atoms with Gasteiger partial charge in [0.1, 0.15) is 24.4 Å². The molecule has 0 bridgehead atoms. The fourth-order valence-corrected chi connectivity index (χ4v) is 8.10. The van der Waals surface area contributed by atoms with Gasteiger partial charge in [-0.15, -0.1) is 0 Å². The third-order valence-electron chi connectivity index (χ3n) is 12.4. The summed E-state index contributed by atoms with van der Waals surface area (Å²) < 4.78 is 17.5. The lowest BCUT2D eigenvalue weighted by atomic mass is 9.99. The number of aliphatic hydroxyl groups is 5. The van der Waals surface area contributed by atoms with E-state index in [0.29, 0.717) is 12.8 Å². The lowest BCUT2D eigenvalue weighted by Gasteiger charge is -2.41. The van der Waals surface area contributed by atoms with Crippen LogP contribution < -0.4 is 5.32 Å². The molecular formula is C57H99NO10. The largest absolute Gasteiger partial charge is 0.454 e. The number of amides is 1. The third-order valence-corrected chi connectivity index (χ3v) is 12.4. The molecule has 0 aromatic carbocycles. The number of carbonyl (C=O) groups excluding carboxylic acids is 2. The smallest absolute Gasteiger partial charge is 0.306 e. The molecule has 11 heteroatoms. The van der Waals surface area contributed by atoms with Gasteiger partial charge in [-0.05, 0) is 70.6 Å². The molecule has 0 aromatic rings. The minimum atomic E-state index is -1.62. The number of esters is 1. The monoisotopic (exact) mass is 958 g/mol. The van der Waals surface area contributed by atoms with Crippen LogP contribution in [0.4, 0.5) is 0 Å². The number of hydrogen-bond acceptors (Lipinski definition) is 10. The maximum atomic E-state index is 13.3. The first-order chi connectivity index (χ1) is 33.2. The van der Waals surface area contributed by atoms with Crippen molar-refractivity contribution in [1.82, 2.24) is 5.32 Å². The van der Waals surface area contributed by atoms with Crippen molar-refractivity contribution >= 4 is 11.9 Å². The Labute approximate surface area is 413 Å². The summed E-state index contributed by atoms with van der Waals surface area (Å²) in [6, 6.07) is -1.03. The standard InChI is InChI=1S/C57H99NO10/c1-4-7-10-13-16-19-22-24-25-27-30-33-36-39-42-45-52(62)68-55-54(64)53(63)51(46-59)67-57(55)66-47-48(49(60)43-40-37-34-31-28-21-18-15-12-9-6-3)58-56(65)50(61)44-41-38-35-32-29-26-23-20-17-14-11-8-5-2/h7-8,10-11,13,16-17,19-20,22,40,43,48-51,53-55,57,59-61,63-64H,4-6,9,12,14-15,18,21,23-39,41-42,44-47H2,1-3H3,(H,58,65)/b10-7+,11-8+,16-13+,20-17+,22-19+,43-40+. The molecule has 1 heterocycles. The average Bonchev–Trinajstić information content (AvgIpc) is 3.33. The second kappa shape index (κ2) is 45.3. The first-order valence-electron chi connectivity index (χ1n) is 27.2. The van der Waals surface area contributed by atoms with E-state index in [1.54, 1.807) is 6.08 Å². The van der Waals surface area contributed by atoms with Gasteiger partial charge in [0.15, 0.2) is 12.4 Å². The average molecular weight is 958 g/mol. The number of nitrogens with one attached hydrogen (secondary N) is 1. The normalized spacial score (nSPS) is 20.5. The van der Waals surface area contributed by atoms with Crippen LogP contribution in [0.2, 0.25) is 0 Å². The van der Waals surface area contributed by atoms with E-state index in [-0.39, 0.29) is 19.4 Å². The topological polar surface area (TPSA) is 175 Å². The molecule has 1 aliphatic rings. The van der Waals surface area contributed by atoms with E-state index in [0.717, 1.165) is 122 Å². The molecule has 0 spiro atoms. The van der Waals surface area contributed by atoms with Gasteiger partial charge in [-0.25, -0.2) is 0 Å². The number of unbranched alkanes of at least 4 members (excludes halogenated alkanes) is 22. The van der Waals surface area contributed by atoms with Gasteiger partial charge >= 0.3 is 5.97 Å². The molecule has 68 heavy (non-hydrogen) atoms. The first-order valence-corrected chi connectivity index (χ1v) is 27.2. The van der Waals surface area contributed by atoms with Crippen molar-refractivity contribution in [3.8, 4) is 0 Å². The SMILES string of the molecule is CC/C=C/C=C/C=C/CCCCCCCCCC(=O)OC1C(OCC(NC(=O)C(O)CCCCCCCC/C=C/C/C=C/CC)C(O)/C=C/CCCCCCCCCCC)OC(CO)C(O)C1O. The van der Waals surface area contributed by atoms with E-state index in [1.807, 2.05) is 12.2 Å². The summed E-state index contributed by atoms with van der Waals surface area (Å²) in [4.78, 5) is 26.4. The molecule has 1 rings (SSSR count). The van der Waals surface area contributed by atoms with Gasteiger partial charge in [0.05, 0.1) is 25.4 Å². The van der Waals surface area contributed by atoms with Gasteiger partial charge < -0.3 is 45.1 Å². The van der Waals surface area contributed by atoms with Gasteiger partial charge in [0.25, 0.3) is 0 Å². The Morgan fingerprint density at radius 2 is 1.13 bits per heavy atom. The van der Waals surface area contributed by atoms with Crippen LogP contribution in [-0.4, -0.2) is 99.6 Å². The lowest BCUT2D eigenvalue weighted by Crippen LogP contribution is -2.61. The molecule has 0 aliphatic carbocycles. The summed E-state index contributed by atoms with van der Waals surface area (Å²) in [6.07, 6.45) is 45.2. The van der Waals surface area contributed by atoms with Crippen LogP contribution in [0.5, 0.6) is 0 Å². The van der Waals surface area contributed by atoms with Crippen molar-refractivity contribution in [3.63, 3.8) is 0 Å². The van der Waals surface area contributed by atoms with E-state index in [4.69, 9.17) is 14.2 Å². The molecule has 11 nitrogen and oxygen atoms in total. The minimum Gasteiger partial charge on any atom is -0.454 e. The van der Waals surface area contributed by atoms with E-state index < -0.39 is 67.4 Å². The number of rotatable bonds is 44. The van der Waals surface area contributed by atoms with E-state index in [1.165, 1.54) is 44.9 Å². The zero-order chi connectivity index (χ0) is 49.7. The molecule has 1 aliphatic heterocycles. The van der Waals surface area contributed by atoms with Gasteiger partial charge in [-0.2, -0.15) is 0 Å². The predicted molar refractivity (Wildman–Crippen MR) is 278 cm³/mol. The maximum absolute atomic E-state index is 13.3. The predicted octanol–water partition coefficient (Wildman–Crippen LogP) is 11.7. The van der Waals surface area contributed by atoms with Crippen LogP contribution in [0.3, 0.4) is 0 Å². The fourth-order valence-electron chi connectivity index (χ4n) is 8.10. The number of allylic oxidation sites excluding steroid dienone is 11. The fraction of sp³-hybridized carbons (Fsp3) is 0.754. The van der Waals surface area contributed by atoms with Gasteiger partial charge in [0, 0.05) is 6.42 Å². The van der Waals surface area contributed by atoms with Crippen LogP contribution >= 0.6 is 0 Å². The Morgan fingerprint density at radius 1 is 0.603 bits per heavy atom. The summed E-state index contributed by atoms with van der Waals surface area (Å²) in [5.74, 6) is -1.22. The van der Waals surface area contributed by atoms with E-state index >= 15 is 0 Å². The van der Waals surface area contributed by atoms with Gasteiger partial charge in [-0.3, -0.25) is 9.59 Å². The molecule has 1 amide bonds. The molecule has 0 radical (unpaired) electrons. The molecule has 8 atom stereocenters. The van der Waals surface area contributed by atoms with Crippen molar-refractivity contribution in [2.45, 2.75) is 262 Å². The zero-order valence-electron chi connectivity index (χ0n) is 43.0. The van der Waals surface area contributed by atoms with E-state index in [2.05, 4.69) is 80.8 Å². The van der Waals surface area contributed by atoms with Crippen LogP contribution in [0.25, 0.3) is 0 Å². The number of ether oxygens (including phenoxy) is 3. The summed E-state index contributed by atoms with van der Waals surface area (Å²) in [5, 5.41) is 56.7. The van der Waals surface area contributed by atoms with Crippen molar-refractivity contribution < 1.29 is 49.3 Å². The van der Waals surface area contributed by atoms with E-state index in [9.17, 15) is 35.1 Å².